The normalized spacial score (nSPS) is 15.0. The topological polar surface area (TPSA) is 37.6 Å². The number of hydrogen-bond donors (Lipinski definition) is 0. The summed E-state index contributed by atoms with van der Waals surface area (Å²) >= 11 is 0. The Labute approximate surface area is 135 Å². The van der Waals surface area contributed by atoms with Crippen molar-refractivity contribution >= 4 is 11.6 Å². The van der Waals surface area contributed by atoms with Gasteiger partial charge >= 0.3 is 0 Å². The van der Waals surface area contributed by atoms with Gasteiger partial charge in [0, 0.05) is 36.6 Å². The largest absolute Gasteiger partial charge is 0.339 e. The molecular formula is C19H19N3O. The van der Waals surface area contributed by atoms with E-state index in [9.17, 15) is 4.79 Å². The second kappa shape index (κ2) is 5.88. The molecule has 0 radical (unpaired) electrons. The lowest BCUT2D eigenvalue weighted by molar-refractivity contribution is 0.0724. The van der Waals surface area contributed by atoms with Gasteiger partial charge in [0.25, 0.3) is 5.91 Å². The number of fused-ring (bicyclic) bond motifs is 1. The molecule has 4 heteroatoms. The van der Waals surface area contributed by atoms with E-state index in [1.807, 2.05) is 64.2 Å². The van der Waals surface area contributed by atoms with Crippen LogP contribution in [0, 0.1) is 0 Å². The first-order valence-corrected chi connectivity index (χ1v) is 8.15. The van der Waals surface area contributed by atoms with E-state index in [-0.39, 0.29) is 5.91 Å². The Morgan fingerprint density at radius 2 is 1.74 bits per heavy atom. The van der Waals surface area contributed by atoms with E-state index in [0.717, 1.165) is 48.4 Å². The molecule has 3 heterocycles. The highest BCUT2D eigenvalue weighted by molar-refractivity contribution is 5.94. The number of carbonyl (C=O) groups excluding carboxylic acids is 1. The first kappa shape index (κ1) is 14.0. The Morgan fingerprint density at radius 1 is 0.957 bits per heavy atom. The summed E-state index contributed by atoms with van der Waals surface area (Å²) in [4.78, 5) is 19.1. The Kier molecular flexibility index (Phi) is 3.58. The molecule has 3 aromatic rings. The number of carbonyl (C=O) groups is 1. The van der Waals surface area contributed by atoms with Crippen molar-refractivity contribution in [3.63, 3.8) is 0 Å². The van der Waals surface area contributed by atoms with Gasteiger partial charge in [-0.15, -0.1) is 0 Å². The van der Waals surface area contributed by atoms with E-state index >= 15 is 0 Å². The van der Waals surface area contributed by atoms with Crippen molar-refractivity contribution < 1.29 is 4.79 Å². The highest BCUT2D eigenvalue weighted by Gasteiger charge is 2.18. The fourth-order valence-electron chi connectivity index (χ4n) is 3.14. The highest BCUT2D eigenvalue weighted by atomic mass is 16.2. The van der Waals surface area contributed by atoms with Crippen LogP contribution in [0.1, 0.15) is 29.6 Å². The van der Waals surface area contributed by atoms with Crippen LogP contribution in [0.25, 0.3) is 16.9 Å². The maximum atomic E-state index is 12.5. The molecule has 0 atom stereocenters. The van der Waals surface area contributed by atoms with Gasteiger partial charge in [0.2, 0.25) is 0 Å². The number of benzene rings is 1. The molecule has 1 saturated heterocycles. The fraction of sp³-hybridized carbons (Fsp3) is 0.263. The molecule has 4 rings (SSSR count). The quantitative estimate of drug-likeness (QED) is 0.725. The number of amides is 1. The Bertz CT molecular complexity index is 796. The second-order valence-corrected chi connectivity index (χ2v) is 6.02. The Hall–Kier alpha value is -2.62. The van der Waals surface area contributed by atoms with Gasteiger partial charge in [-0.1, -0.05) is 18.2 Å². The minimum Gasteiger partial charge on any atom is -0.339 e. The van der Waals surface area contributed by atoms with Crippen LogP contribution in [0.5, 0.6) is 0 Å². The average molecular weight is 305 g/mol. The van der Waals surface area contributed by atoms with Gasteiger partial charge < -0.3 is 9.30 Å². The number of pyridine rings is 1. The molecule has 0 spiro atoms. The summed E-state index contributed by atoms with van der Waals surface area (Å²) in [5.74, 6) is 0.145. The van der Waals surface area contributed by atoms with Gasteiger partial charge in [-0.2, -0.15) is 0 Å². The number of piperidine rings is 1. The van der Waals surface area contributed by atoms with Gasteiger partial charge in [-0.05, 0) is 43.5 Å². The fourth-order valence-corrected chi connectivity index (χ4v) is 3.14. The van der Waals surface area contributed by atoms with Crippen LogP contribution in [0.15, 0.2) is 54.9 Å². The molecule has 116 valence electrons. The van der Waals surface area contributed by atoms with E-state index in [0.29, 0.717) is 0 Å². The second-order valence-electron chi connectivity index (χ2n) is 6.02. The van der Waals surface area contributed by atoms with E-state index < -0.39 is 0 Å². The van der Waals surface area contributed by atoms with Crippen LogP contribution >= 0.6 is 0 Å². The predicted molar refractivity (Wildman–Crippen MR) is 90.4 cm³/mol. The van der Waals surface area contributed by atoms with Crippen LogP contribution in [0.2, 0.25) is 0 Å². The minimum absolute atomic E-state index is 0.145. The summed E-state index contributed by atoms with van der Waals surface area (Å²) in [6, 6.07) is 13.7. The molecule has 1 fully saturated rings. The Balaban J connectivity index is 1.58. The van der Waals surface area contributed by atoms with Crippen LogP contribution in [0.3, 0.4) is 0 Å². The molecule has 0 unspecified atom stereocenters. The SMILES string of the molecule is O=C(c1ccc(-c2cn3ccccc3n2)cc1)N1CCCCC1. The highest BCUT2D eigenvalue weighted by Crippen LogP contribution is 2.21. The molecule has 1 aromatic carbocycles. The minimum atomic E-state index is 0.145. The lowest BCUT2D eigenvalue weighted by Gasteiger charge is -2.26. The van der Waals surface area contributed by atoms with Gasteiger partial charge in [0.1, 0.15) is 5.65 Å². The number of rotatable bonds is 2. The number of likely N-dealkylation sites (tertiary alicyclic amines) is 1. The standard InChI is InChI=1S/C19H19N3O/c23-19(21-11-3-1-4-12-21)16-9-7-15(8-10-16)17-14-22-13-5-2-6-18(22)20-17/h2,5-10,13-14H,1,3-4,11-12H2. The van der Waals surface area contributed by atoms with Gasteiger partial charge in [-0.3, -0.25) is 4.79 Å². The van der Waals surface area contributed by atoms with E-state index in [4.69, 9.17) is 0 Å². The third-order valence-corrected chi connectivity index (χ3v) is 4.43. The van der Waals surface area contributed by atoms with Crippen LogP contribution in [-0.4, -0.2) is 33.3 Å². The van der Waals surface area contributed by atoms with Crippen molar-refractivity contribution in [3.8, 4) is 11.3 Å². The number of aromatic nitrogens is 2. The maximum absolute atomic E-state index is 12.5. The molecule has 0 N–H and O–H groups in total. The monoisotopic (exact) mass is 305 g/mol. The molecule has 23 heavy (non-hydrogen) atoms. The zero-order chi connectivity index (χ0) is 15.6. The number of nitrogens with zero attached hydrogens (tertiary/aromatic N) is 3. The first-order valence-electron chi connectivity index (χ1n) is 8.15. The maximum Gasteiger partial charge on any atom is 0.253 e. The van der Waals surface area contributed by atoms with Gasteiger partial charge in [-0.25, -0.2) is 4.98 Å². The van der Waals surface area contributed by atoms with E-state index in [2.05, 4.69) is 4.98 Å². The van der Waals surface area contributed by atoms with Crippen molar-refractivity contribution in [2.24, 2.45) is 0 Å². The van der Waals surface area contributed by atoms with Gasteiger partial charge in [0.15, 0.2) is 0 Å². The van der Waals surface area contributed by atoms with Crippen molar-refractivity contribution in [1.29, 1.82) is 0 Å². The van der Waals surface area contributed by atoms with Crippen molar-refractivity contribution in [3.05, 3.63) is 60.4 Å². The summed E-state index contributed by atoms with van der Waals surface area (Å²) in [6.07, 6.45) is 7.46. The molecule has 1 amide bonds. The summed E-state index contributed by atoms with van der Waals surface area (Å²) in [5, 5.41) is 0. The molecule has 0 saturated carbocycles. The molecule has 4 nitrogen and oxygen atoms in total. The third kappa shape index (κ3) is 2.72. The number of imidazole rings is 1. The molecule has 0 bridgehead atoms. The van der Waals surface area contributed by atoms with Crippen molar-refractivity contribution in [2.45, 2.75) is 19.3 Å². The first-order chi connectivity index (χ1) is 11.3. The zero-order valence-electron chi connectivity index (χ0n) is 13.0. The van der Waals surface area contributed by atoms with E-state index in [1.165, 1.54) is 6.42 Å². The lowest BCUT2D eigenvalue weighted by Crippen LogP contribution is -2.35. The van der Waals surface area contributed by atoms with Crippen molar-refractivity contribution in [2.75, 3.05) is 13.1 Å². The summed E-state index contributed by atoms with van der Waals surface area (Å²) < 4.78 is 2.00. The van der Waals surface area contributed by atoms with Crippen LogP contribution in [0.4, 0.5) is 0 Å². The van der Waals surface area contributed by atoms with E-state index in [1.54, 1.807) is 0 Å². The molecule has 2 aromatic heterocycles. The lowest BCUT2D eigenvalue weighted by atomic mass is 10.1. The predicted octanol–water partition coefficient (Wildman–Crippen LogP) is 3.63. The smallest absolute Gasteiger partial charge is 0.253 e. The van der Waals surface area contributed by atoms with Crippen molar-refractivity contribution in [1.82, 2.24) is 14.3 Å². The molecule has 0 aliphatic carbocycles. The molecule has 1 aliphatic rings. The third-order valence-electron chi connectivity index (χ3n) is 4.43. The average Bonchev–Trinajstić information content (AvgIpc) is 3.06. The van der Waals surface area contributed by atoms with Crippen LogP contribution < -0.4 is 0 Å². The number of hydrogen-bond acceptors (Lipinski definition) is 2. The molecular weight excluding hydrogens is 286 g/mol. The Morgan fingerprint density at radius 3 is 2.48 bits per heavy atom. The van der Waals surface area contributed by atoms with Gasteiger partial charge in [0.05, 0.1) is 5.69 Å². The summed E-state index contributed by atoms with van der Waals surface area (Å²) in [6.45, 7) is 1.76. The van der Waals surface area contributed by atoms with Crippen LogP contribution in [-0.2, 0) is 0 Å². The summed E-state index contributed by atoms with van der Waals surface area (Å²) in [7, 11) is 0. The zero-order valence-corrected chi connectivity index (χ0v) is 13.0. The summed E-state index contributed by atoms with van der Waals surface area (Å²) in [5.41, 5.74) is 3.65. The molecule has 1 aliphatic heterocycles.